The Balaban J connectivity index is 1.27. The van der Waals surface area contributed by atoms with Crippen LogP contribution in [0.1, 0.15) is 11.5 Å². The lowest BCUT2D eigenvalue weighted by Gasteiger charge is -2.24. The lowest BCUT2D eigenvalue weighted by molar-refractivity contribution is -0.159. The molecule has 5 rings (SSSR count). The molecule has 0 aliphatic carbocycles. The maximum atomic E-state index is 13.1. The lowest BCUT2D eigenvalue weighted by atomic mass is 10.1. The molecule has 2 aromatic carbocycles. The second kappa shape index (κ2) is 10.1. The van der Waals surface area contributed by atoms with E-state index >= 15 is 0 Å². The first-order valence-corrected chi connectivity index (χ1v) is 11.0. The normalized spacial score (nSPS) is 15.1. The summed E-state index contributed by atoms with van der Waals surface area (Å²) >= 11 is 0. The Morgan fingerprint density at radius 2 is 1.76 bits per heavy atom. The molecule has 0 atom stereocenters. The minimum atomic E-state index is -4.76. The number of hydrogen-bond donors (Lipinski definition) is 1. The van der Waals surface area contributed by atoms with Crippen LogP contribution in [0.5, 0.6) is 11.5 Å². The Kier molecular flexibility index (Phi) is 6.67. The highest BCUT2D eigenvalue weighted by molar-refractivity contribution is 6.39. The molecule has 3 heterocycles. The van der Waals surface area contributed by atoms with Crippen LogP contribution in [0.2, 0.25) is 0 Å². The van der Waals surface area contributed by atoms with Crippen LogP contribution in [-0.2, 0) is 31.8 Å². The highest BCUT2D eigenvalue weighted by Gasteiger charge is 2.38. The van der Waals surface area contributed by atoms with Crippen LogP contribution in [0.4, 0.5) is 18.9 Å². The number of nitrogens with one attached hydrogen (secondary N) is 1. The van der Waals surface area contributed by atoms with Crippen molar-refractivity contribution in [1.29, 1.82) is 0 Å². The van der Waals surface area contributed by atoms with Crippen molar-refractivity contribution in [2.45, 2.75) is 19.0 Å². The second-order valence-corrected chi connectivity index (χ2v) is 8.00. The summed E-state index contributed by atoms with van der Waals surface area (Å²) in [7, 11) is 0. The van der Waals surface area contributed by atoms with E-state index in [9.17, 15) is 22.8 Å². The fourth-order valence-electron chi connectivity index (χ4n) is 3.66. The summed E-state index contributed by atoms with van der Waals surface area (Å²) in [5.41, 5.74) is 1.16. The molecule has 0 spiro atoms. The third-order valence-electron chi connectivity index (χ3n) is 5.42. The van der Waals surface area contributed by atoms with Crippen LogP contribution in [-0.4, -0.2) is 59.7 Å². The van der Waals surface area contributed by atoms with Gasteiger partial charge in [0.2, 0.25) is 12.6 Å². The fraction of sp³-hybridized carbons (Fsp3) is 0.304. The first kappa shape index (κ1) is 24.5. The molecule has 1 N–H and O–H groups in total. The van der Waals surface area contributed by atoms with Gasteiger partial charge in [-0.2, -0.15) is 18.2 Å². The van der Waals surface area contributed by atoms with E-state index in [0.717, 1.165) is 0 Å². The summed E-state index contributed by atoms with van der Waals surface area (Å²) in [5.74, 6) is -2.39. The maximum Gasteiger partial charge on any atom is 0.471 e. The number of carbonyl (C=O) groups is 2. The van der Waals surface area contributed by atoms with E-state index in [1.165, 1.54) is 29.2 Å². The van der Waals surface area contributed by atoms with Gasteiger partial charge in [-0.05, 0) is 42.0 Å². The molecule has 1 saturated heterocycles. The first-order chi connectivity index (χ1) is 17.8. The van der Waals surface area contributed by atoms with Crippen molar-refractivity contribution in [3.8, 4) is 22.9 Å². The number of nitrogens with zero attached hydrogens (tertiary/aromatic N) is 3. The van der Waals surface area contributed by atoms with E-state index in [1.807, 2.05) is 0 Å². The molecule has 14 heteroatoms. The Morgan fingerprint density at radius 3 is 2.46 bits per heavy atom. The lowest BCUT2D eigenvalue weighted by Crippen LogP contribution is -2.43. The Bertz CT molecular complexity index is 1290. The summed E-state index contributed by atoms with van der Waals surface area (Å²) < 4.78 is 63.8. The predicted molar refractivity (Wildman–Crippen MR) is 117 cm³/mol. The smallest absolute Gasteiger partial charge is 0.454 e. The number of benzene rings is 2. The van der Waals surface area contributed by atoms with Gasteiger partial charge in [-0.25, -0.2) is 0 Å². The van der Waals surface area contributed by atoms with Gasteiger partial charge in [0.25, 0.3) is 0 Å². The number of halogens is 3. The van der Waals surface area contributed by atoms with Gasteiger partial charge in [-0.1, -0.05) is 11.2 Å². The van der Waals surface area contributed by atoms with Crippen molar-refractivity contribution in [3.63, 3.8) is 0 Å². The van der Waals surface area contributed by atoms with Crippen LogP contribution >= 0.6 is 0 Å². The van der Waals surface area contributed by atoms with E-state index in [1.54, 1.807) is 18.2 Å². The summed E-state index contributed by atoms with van der Waals surface area (Å²) in [4.78, 5) is 30.4. The molecule has 11 nitrogen and oxygen atoms in total. The summed E-state index contributed by atoms with van der Waals surface area (Å²) in [6.07, 6.45) is -5.44. The second-order valence-electron chi connectivity index (χ2n) is 8.00. The molecule has 0 radical (unpaired) electrons. The van der Waals surface area contributed by atoms with Gasteiger partial charge < -0.3 is 33.7 Å². The molecule has 194 valence electrons. The molecular weight excluding hydrogens is 501 g/mol. The van der Waals surface area contributed by atoms with Crippen molar-refractivity contribution in [2.24, 2.45) is 0 Å². The molecule has 2 amide bonds. The van der Waals surface area contributed by atoms with Gasteiger partial charge in [-0.3, -0.25) is 9.59 Å². The molecule has 1 aromatic heterocycles. The predicted octanol–water partition coefficient (Wildman–Crippen LogP) is 2.82. The number of alkyl halides is 3. The SMILES string of the molecule is O=C(Nc1ccc(-c2noc(C(F)(F)F)n2)cc1)C(=O)N(Cc1ccc2c(c1)OCO2)CC1OCCO1. The number of amides is 2. The van der Waals surface area contributed by atoms with Crippen LogP contribution in [0.25, 0.3) is 11.4 Å². The molecule has 2 aliphatic rings. The average Bonchev–Trinajstić information content (AvgIpc) is 3.65. The fourth-order valence-corrected chi connectivity index (χ4v) is 3.66. The average molecular weight is 520 g/mol. The topological polar surface area (TPSA) is 125 Å². The number of carbonyl (C=O) groups excluding carboxylic acids is 2. The molecule has 2 aliphatic heterocycles. The zero-order valence-corrected chi connectivity index (χ0v) is 19.0. The number of aromatic nitrogens is 2. The van der Waals surface area contributed by atoms with E-state index in [0.29, 0.717) is 30.3 Å². The third kappa shape index (κ3) is 5.65. The highest BCUT2D eigenvalue weighted by Crippen LogP contribution is 2.33. The molecular formula is C23H19F3N4O7. The van der Waals surface area contributed by atoms with Crippen molar-refractivity contribution < 1.29 is 46.2 Å². The van der Waals surface area contributed by atoms with Crippen molar-refractivity contribution in [3.05, 3.63) is 53.9 Å². The van der Waals surface area contributed by atoms with Gasteiger partial charge in [0, 0.05) is 17.8 Å². The highest BCUT2D eigenvalue weighted by atomic mass is 19.4. The number of rotatable bonds is 6. The van der Waals surface area contributed by atoms with Gasteiger partial charge in [0.15, 0.2) is 17.8 Å². The van der Waals surface area contributed by atoms with Crippen molar-refractivity contribution in [1.82, 2.24) is 15.0 Å². The maximum absolute atomic E-state index is 13.1. The molecule has 0 unspecified atom stereocenters. The monoisotopic (exact) mass is 520 g/mol. The minimum Gasteiger partial charge on any atom is -0.454 e. The quantitative estimate of drug-likeness (QED) is 0.489. The number of hydrogen-bond acceptors (Lipinski definition) is 9. The zero-order valence-electron chi connectivity index (χ0n) is 19.0. The first-order valence-electron chi connectivity index (χ1n) is 11.0. The number of fused-ring (bicyclic) bond motifs is 1. The molecule has 0 saturated carbocycles. The Morgan fingerprint density at radius 1 is 1.03 bits per heavy atom. The van der Waals surface area contributed by atoms with Crippen molar-refractivity contribution in [2.75, 3.05) is 31.9 Å². The zero-order chi connectivity index (χ0) is 26.0. The minimum absolute atomic E-state index is 0.0129. The van der Waals surface area contributed by atoms with E-state index < -0.39 is 30.2 Å². The summed E-state index contributed by atoms with van der Waals surface area (Å²) in [5, 5.41) is 5.79. The van der Waals surface area contributed by atoms with Gasteiger partial charge in [-0.15, -0.1) is 0 Å². The van der Waals surface area contributed by atoms with Crippen LogP contribution in [0, 0.1) is 0 Å². The van der Waals surface area contributed by atoms with E-state index in [-0.39, 0.29) is 37.0 Å². The van der Waals surface area contributed by atoms with Crippen LogP contribution < -0.4 is 14.8 Å². The van der Waals surface area contributed by atoms with Gasteiger partial charge >= 0.3 is 23.9 Å². The van der Waals surface area contributed by atoms with Crippen molar-refractivity contribution >= 4 is 17.5 Å². The van der Waals surface area contributed by atoms with Crippen LogP contribution in [0.15, 0.2) is 47.0 Å². The summed E-state index contributed by atoms with van der Waals surface area (Å²) in [6.45, 7) is 0.937. The standard InChI is InChI=1S/C23H19F3N4O7/c24-23(25,26)22-28-19(29-37-22)14-2-4-15(5-3-14)27-20(31)21(32)30(11-18-33-7-8-34-18)10-13-1-6-16-17(9-13)36-12-35-16/h1-6,9,18H,7-8,10-12H2,(H,27,31). The molecule has 0 bridgehead atoms. The Hall–Kier alpha value is -4.17. The molecule has 1 fully saturated rings. The van der Waals surface area contributed by atoms with Gasteiger partial charge in [0.1, 0.15) is 0 Å². The number of ether oxygens (including phenoxy) is 4. The van der Waals surface area contributed by atoms with Gasteiger partial charge in [0.05, 0.1) is 19.8 Å². The number of anilines is 1. The third-order valence-corrected chi connectivity index (χ3v) is 5.42. The largest absolute Gasteiger partial charge is 0.471 e. The molecule has 37 heavy (non-hydrogen) atoms. The van der Waals surface area contributed by atoms with Crippen LogP contribution in [0.3, 0.4) is 0 Å². The Labute approximate surface area is 207 Å². The van der Waals surface area contributed by atoms with E-state index in [4.69, 9.17) is 18.9 Å². The molecule has 3 aromatic rings. The summed E-state index contributed by atoms with van der Waals surface area (Å²) in [6, 6.07) is 10.8. The van der Waals surface area contributed by atoms with E-state index in [2.05, 4.69) is 20.0 Å².